The zero-order chi connectivity index (χ0) is 13.4. The van der Waals surface area contributed by atoms with Crippen molar-refractivity contribution in [3.05, 3.63) is 41.1 Å². The number of nitrogens with one attached hydrogen (secondary N) is 2. The molecule has 1 radical (unpaired) electrons. The third kappa shape index (κ3) is 5.39. The van der Waals surface area contributed by atoms with E-state index in [1.165, 1.54) is 24.6 Å². The molecule has 0 spiro atoms. The molecule has 0 fully saturated rings. The Morgan fingerprint density at radius 2 is 2.00 bits per heavy atom. The van der Waals surface area contributed by atoms with Crippen LogP contribution in [0.5, 0.6) is 0 Å². The fraction of sp³-hybridized carbons (Fsp3) is 0.385. The molecule has 101 valence electrons. The van der Waals surface area contributed by atoms with Crippen LogP contribution in [0.2, 0.25) is 0 Å². The summed E-state index contributed by atoms with van der Waals surface area (Å²) < 4.78 is 0. The standard InChI is InChI=1S/C12H13N2O2.CH4N.Y/c15-9-13-7-12(16)14-6-5-10-3-1-2-4-11(10)8-14;1-2;/h1-4H,5-8H2,(H,13,15);2H,1H3;/q2*-1;. The van der Waals surface area contributed by atoms with Gasteiger partial charge in [0.1, 0.15) is 0 Å². The Labute approximate surface area is 138 Å². The maximum atomic E-state index is 11.7. The second kappa shape index (κ2) is 10.1. The summed E-state index contributed by atoms with van der Waals surface area (Å²) in [4.78, 5) is 23.4. The molecule has 1 heterocycles. The van der Waals surface area contributed by atoms with Crippen LogP contribution in [0.25, 0.3) is 5.73 Å². The Hall–Kier alpha value is -0.776. The molecule has 0 bridgehead atoms. The smallest absolute Gasteiger partial charge is 0.239 e. The van der Waals surface area contributed by atoms with Crippen molar-refractivity contribution in [1.82, 2.24) is 10.2 Å². The van der Waals surface area contributed by atoms with Crippen molar-refractivity contribution in [2.24, 2.45) is 0 Å². The van der Waals surface area contributed by atoms with E-state index >= 15 is 0 Å². The summed E-state index contributed by atoms with van der Waals surface area (Å²) in [5.74, 6) is -0.0575. The van der Waals surface area contributed by atoms with Crippen molar-refractivity contribution < 1.29 is 42.3 Å². The van der Waals surface area contributed by atoms with Crippen LogP contribution in [0.3, 0.4) is 0 Å². The summed E-state index contributed by atoms with van der Waals surface area (Å²) in [7, 11) is 1.25. The van der Waals surface area contributed by atoms with Gasteiger partial charge in [-0.3, -0.25) is 4.79 Å². The van der Waals surface area contributed by atoms with E-state index in [4.69, 9.17) is 5.73 Å². The van der Waals surface area contributed by atoms with Crippen LogP contribution >= 0.6 is 0 Å². The first-order valence-corrected chi connectivity index (χ1v) is 5.76. The molecule has 0 saturated heterocycles. The molecule has 1 aliphatic rings. The minimum atomic E-state index is -0.0575. The van der Waals surface area contributed by atoms with E-state index in [9.17, 15) is 9.59 Å². The average molecular weight is 336 g/mol. The van der Waals surface area contributed by atoms with Gasteiger partial charge in [0, 0.05) is 45.8 Å². The number of fused-ring (bicyclic) bond motifs is 1. The van der Waals surface area contributed by atoms with Crippen LogP contribution < -0.4 is 5.32 Å². The predicted molar refractivity (Wildman–Crippen MR) is 69.5 cm³/mol. The number of amides is 2. The Kier molecular flexibility index (Phi) is 9.65. The fourth-order valence-corrected chi connectivity index (χ4v) is 1.93. The fourth-order valence-electron chi connectivity index (χ4n) is 1.93. The summed E-state index contributed by atoms with van der Waals surface area (Å²) in [6.07, 6.45) is 2.39. The molecule has 2 amide bonds. The molecule has 0 saturated carbocycles. The van der Waals surface area contributed by atoms with Gasteiger partial charge in [-0.05, 0) is 17.5 Å². The molecular weight excluding hydrogens is 319 g/mol. The van der Waals surface area contributed by atoms with E-state index in [1.54, 1.807) is 4.90 Å². The summed E-state index contributed by atoms with van der Waals surface area (Å²) in [6, 6.07) is 8.12. The molecule has 0 atom stereocenters. The summed E-state index contributed by atoms with van der Waals surface area (Å²) in [5.41, 5.74) is 8.25. The molecule has 1 aromatic rings. The minimum Gasteiger partial charge on any atom is -0.680 e. The van der Waals surface area contributed by atoms with E-state index in [1.807, 2.05) is 18.2 Å². The van der Waals surface area contributed by atoms with E-state index in [0.29, 0.717) is 6.54 Å². The molecule has 0 aliphatic carbocycles. The Balaban J connectivity index is 0.00000103. The molecule has 2 N–H and O–H groups in total. The first-order chi connectivity index (χ1) is 8.81. The number of carbonyl (C=O) groups excluding carboxylic acids is 2. The van der Waals surface area contributed by atoms with Gasteiger partial charge >= 0.3 is 0 Å². The molecule has 2 rings (SSSR count). The molecule has 6 heteroatoms. The van der Waals surface area contributed by atoms with E-state index in [-0.39, 0.29) is 45.2 Å². The normalized spacial score (nSPS) is 12.2. The van der Waals surface area contributed by atoms with Gasteiger partial charge in [-0.1, -0.05) is 24.3 Å². The Bertz CT molecular complexity index is 413. The average Bonchev–Trinajstić information content (AvgIpc) is 2.46. The number of hydrogen-bond donors (Lipinski definition) is 1. The third-order valence-electron chi connectivity index (χ3n) is 2.80. The molecule has 19 heavy (non-hydrogen) atoms. The van der Waals surface area contributed by atoms with Crippen molar-refractivity contribution in [3.63, 3.8) is 0 Å². The monoisotopic (exact) mass is 336 g/mol. The second-order valence-electron chi connectivity index (χ2n) is 3.79. The van der Waals surface area contributed by atoms with Crippen molar-refractivity contribution >= 4 is 12.3 Å². The van der Waals surface area contributed by atoms with Gasteiger partial charge in [0.15, 0.2) is 0 Å². The van der Waals surface area contributed by atoms with Crippen molar-refractivity contribution in [3.8, 4) is 0 Å². The van der Waals surface area contributed by atoms with Crippen LogP contribution in [-0.2, 0) is 55.3 Å². The molecule has 1 aliphatic heterocycles. The summed E-state index contributed by atoms with van der Waals surface area (Å²) in [5, 5.41) is 2.27. The molecule has 0 unspecified atom stereocenters. The quantitative estimate of drug-likeness (QED) is 0.658. The van der Waals surface area contributed by atoms with Gasteiger partial charge in [-0.25, -0.2) is 0 Å². The first kappa shape index (κ1) is 18.2. The van der Waals surface area contributed by atoms with Crippen LogP contribution in [0.15, 0.2) is 24.3 Å². The van der Waals surface area contributed by atoms with Crippen LogP contribution in [0.1, 0.15) is 11.1 Å². The number of hydrogen-bond acceptors (Lipinski definition) is 2. The van der Waals surface area contributed by atoms with Crippen LogP contribution in [-0.4, -0.2) is 37.4 Å². The van der Waals surface area contributed by atoms with E-state index in [0.717, 1.165) is 13.0 Å². The maximum Gasteiger partial charge on any atom is 0.239 e. The largest absolute Gasteiger partial charge is 0.680 e. The van der Waals surface area contributed by atoms with Crippen LogP contribution in [0.4, 0.5) is 0 Å². The molecular formula is C13H17N3O2Y-2. The Morgan fingerprint density at radius 1 is 1.37 bits per heavy atom. The van der Waals surface area contributed by atoms with Crippen molar-refractivity contribution in [1.29, 1.82) is 0 Å². The zero-order valence-corrected chi connectivity index (χ0v) is 13.8. The van der Waals surface area contributed by atoms with Gasteiger partial charge in [-0.15, -0.1) is 0 Å². The molecule has 5 nitrogen and oxygen atoms in total. The van der Waals surface area contributed by atoms with E-state index < -0.39 is 0 Å². The predicted octanol–water partition coefficient (Wildman–Crippen LogP) is 0.894. The third-order valence-corrected chi connectivity index (χ3v) is 2.80. The van der Waals surface area contributed by atoms with Gasteiger partial charge < -0.3 is 20.7 Å². The number of rotatable bonds is 3. The SMILES string of the molecule is C[NH-].O=[C-]NCC(=O)N1CCc2ccccc2C1.[Y]. The Morgan fingerprint density at radius 3 is 2.63 bits per heavy atom. The summed E-state index contributed by atoms with van der Waals surface area (Å²) >= 11 is 0. The number of nitrogens with zero attached hydrogens (tertiary/aromatic N) is 1. The first-order valence-electron chi connectivity index (χ1n) is 5.76. The molecule has 1 aromatic carbocycles. The van der Waals surface area contributed by atoms with E-state index in [2.05, 4.69) is 11.4 Å². The molecule has 0 aromatic heterocycles. The van der Waals surface area contributed by atoms with Crippen molar-refractivity contribution in [2.45, 2.75) is 13.0 Å². The van der Waals surface area contributed by atoms with Gasteiger partial charge in [0.2, 0.25) is 5.91 Å². The maximum absolute atomic E-state index is 11.7. The second-order valence-corrected chi connectivity index (χ2v) is 3.79. The number of benzene rings is 1. The van der Waals surface area contributed by atoms with Crippen LogP contribution in [0, 0.1) is 0 Å². The van der Waals surface area contributed by atoms with Gasteiger partial charge in [0.05, 0.1) is 6.54 Å². The van der Waals surface area contributed by atoms with Gasteiger partial charge in [-0.2, -0.15) is 13.5 Å². The van der Waals surface area contributed by atoms with Gasteiger partial charge in [0.25, 0.3) is 0 Å². The number of carbonyl (C=O) groups is 1. The zero-order valence-electron chi connectivity index (χ0n) is 11.0. The topological polar surface area (TPSA) is 73.2 Å². The van der Waals surface area contributed by atoms with Crippen molar-refractivity contribution in [2.75, 3.05) is 20.1 Å². The minimum absolute atomic E-state index is 0. The summed E-state index contributed by atoms with van der Waals surface area (Å²) in [6.45, 7) is 1.39.